The van der Waals surface area contributed by atoms with Crippen LogP contribution in [0.5, 0.6) is 11.5 Å². The van der Waals surface area contributed by atoms with E-state index in [-0.39, 0.29) is 11.7 Å². The lowest BCUT2D eigenvalue weighted by Crippen LogP contribution is -1.97. The van der Waals surface area contributed by atoms with Crippen molar-refractivity contribution in [2.45, 2.75) is 12.8 Å². The average Bonchev–Trinajstić information content (AvgIpc) is 2.17. The summed E-state index contributed by atoms with van der Waals surface area (Å²) < 4.78 is 5.65. The van der Waals surface area contributed by atoms with E-state index >= 15 is 0 Å². The van der Waals surface area contributed by atoms with Crippen LogP contribution in [0.25, 0.3) is 0 Å². The maximum atomic E-state index is 10.6. The number of hydrogen-bond donors (Lipinski definition) is 1. The monoisotopic (exact) mass is 258 g/mol. The summed E-state index contributed by atoms with van der Waals surface area (Å²) in [6, 6.07) is 3.17. The summed E-state index contributed by atoms with van der Waals surface area (Å²) in [5.74, 6) is 0.206. The molecular formula is C10H11BrO3. The molecule has 0 amide bonds. The Balaban J connectivity index is 3.23. The summed E-state index contributed by atoms with van der Waals surface area (Å²) in [5.41, 5.74) is 0.801. The molecule has 14 heavy (non-hydrogen) atoms. The molecule has 76 valence electrons. The highest BCUT2D eigenvalue weighted by Crippen LogP contribution is 2.35. The van der Waals surface area contributed by atoms with E-state index < -0.39 is 0 Å². The molecule has 3 nitrogen and oxygen atoms in total. The van der Waals surface area contributed by atoms with Gasteiger partial charge in [0.25, 0.3) is 0 Å². The zero-order valence-corrected chi connectivity index (χ0v) is 9.54. The second-order valence-electron chi connectivity index (χ2n) is 2.97. The van der Waals surface area contributed by atoms with Gasteiger partial charge >= 0.3 is 0 Å². The van der Waals surface area contributed by atoms with Crippen LogP contribution in [0.1, 0.15) is 18.4 Å². The summed E-state index contributed by atoms with van der Waals surface area (Å²) in [5, 5.41) is 9.43. The Kier molecular flexibility index (Phi) is 3.52. The van der Waals surface area contributed by atoms with E-state index in [2.05, 4.69) is 15.9 Å². The first-order chi connectivity index (χ1) is 6.60. The predicted octanol–water partition coefficient (Wildman–Crippen LogP) is 2.47. The highest BCUT2D eigenvalue weighted by Gasteiger charge is 2.12. The van der Waals surface area contributed by atoms with Crippen molar-refractivity contribution < 1.29 is 14.6 Å². The number of aldehydes is 1. The molecule has 4 heteroatoms. The SMILES string of the molecule is COc1cc(C(C)C=O)c(Br)cc1O. The first-order valence-electron chi connectivity index (χ1n) is 4.11. The van der Waals surface area contributed by atoms with Crippen molar-refractivity contribution in [3.63, 3.8) is 0 Å². The van der Waals surface area contributed by atoms with Crippen molar-refractivity contribution in [3.05, 3.63) is 22.2 Å². The van der Waals surface area contributed by atoms with Crippen molar-refractivity contribution in [1.82, 2.24) is 0 Å². The Hall–Kier alpha value is -1.03. The molecule has 0 saturated carbocycles. The molecule has 1 aromatic rings. The number of phenols is 1. The van der Waals surface area contributed by atoms with Crippen LogP contribution in [-0.2, 0) is 4.79 Å². The lowest BCUT2D eigenvalue weighted by Gasteiger charge is -2.10. The lowest BCUT2D eigenvalue weighted by atomic mass is 10.0. The van der Waals surface area contributed by atoms with Crippen LogP contribution >= 0.6 is 15.9 Å². The topological polar surface area (TPSA) is 46.5 Å². The van der Waals surface area contributed by atoms with Crippen LogP contribution in [0.2, 0.25) is 0 Å². The zero-order valence-electron chi connectivity index (χ0n) is 7.95. The molecule has 0 aromatic heterocycles. The van der Waals surface area contributed by atoms with Gasteiger partial charge in [-0.05, 0) is 17.7 Å². The molecule has 0 fully saturated rings. The van der Waals surface area contributed by atoms with E-state index in [0.717, 1.165) is 11.8 Å². The smallest absolute Gasteiger partial charge is 0.160 e. The Morgan fingerprint density at radius 2 is 2.21 bits per heavy atom. The normalized spacial score (nSPS) is 12.2. The molecule has 0 saturated heterocycles. The van der Waals surface area contributed by atoms with Crippen LogP contribution in [0.15, 0.2) is 16.6 Å². The number of halogens is 1. The van der Waals surface area contributed by atoms with Gasteiger partial charge in [-0.1, -0.05) is 22.9 Å². The molecule has 0 aliphatic carbocycles. The molecule has 1 N–H and O–H groups in total. The first-order valence-corrected chi connectivity index (χ1v) is 4.91. The highest BCUT2D eigenvalue weighted by atomic mass is 79.9. The predicted molar refractivity (Wildman–Crippen MR) is 56.8 cm³/mol. The second-order valence-corrected chi connectivity index (χ2v) is 3.82. The summed E-state index contributed by atoms with van der Waals surface area (Å²) in [6.07, 6.45) is 0.844. The van der Waals surface area contributed by atoms with E-state index in [9.17, 15) is 9.90 Å². The minimum atomic E-state index is -0.223. The molecular weight excluding hydrogens is 248 g/mol. The van der Waals surface area contributed by atoms with Gasteiger partial charge in [-0.25, -0.2) is 0 Å². The number of benzene rings is 1. The van der Waals surface area contributed by atoms with Crippen LogP contribution in [0, 0.1) is 0 Å². The third kappa shape index (κ3) is 2.07. The molecule has 0 aliphatic rings. The van der Waals surface area contributed by atoms with Crippen LogP contribution in [0.4, 0.5) is 0 Å². The van der Waals surface area contributed by atoms with Gasteiger partial charge in [0.05, 0.1) is 7.11 Å². The zero-order chi connectivity index (χ0) is 10.7. The van der Waals surface area contributed by atoms with Crippen LogP contribution in [0.3, 0.4) is 0 Å². The Morgan fingerprint density at radius 3 is 2.71 bits per heavy atom. The minimum absolute atomic E-state index is 0.0567. The van der Waals surface area contributed by atoms with Gasteiger partial charge in [-0.2, -0.15) is 0 Å². The number of phenolic OH excluding ortho intramolecular Hbond substituents is 1. The summed E-state index contributed by atoms with van der Waals surface area (Å²) >= 11 is 3.28. The van der Waals surface area contributed by atoms with Crippen molar-refractivity contribution in [2.75, 3.05) is 7.11 Å². The van der Waals surface area contributed by atoms with Gasteiger partial charge < -0.3 is 14.6 Å². The Morgan fingerprint density at radius 1 is 1.57 bits per heavy atom. The van der Waals surface area contributed by atoms with Gasteiger partial charge in [0.15, 0.2) is 11.5 Å². The molecule has 1 atom stereocenters. The third-order valence-electron chi connectivity index (χ3n) is 1.99. The third-order valence-corrected chi connectivity index (χ3v) is 2.68. The number of hydrogen-bond acceptors (Lipinski definition) is 3. The summed E-state index contributed by atoms with van der Waals surface area (Å²) in [4.78, 5) is 10.6. The average molecular weight is 259 g/mol. The molecule has 0 radical (unpaired) electrons. The van der Waals surface area contributed by atoms with Crippen molar-refractivity contribution in [2.24, 2.45) is 0 Å². The number of carbonyl (C=O) groups excluding carboxylic acids is 1. The summed E-state index contributed by atoms with van der Waals surface area (Å²) in [6.45, 7) is 1.78. The van der Waals surface area contributed by atoms with Crippen molar-refractivity contribution in [3.8, 4) is 11.5 Å². The standard InChI is InChI=1S/C10H11BrO3/c1-6(5-12)7-3-10(14-2)9(13)4-8(7)11/h3-6,13H,1-2H3. The molecule has 0 bridgehead atoms. The van der Waals surface area contributed by atoms with Gasteiger partial charge in [-0.3, -0.25) is 0 Å². The number of rotatable bonds is 3. The molecule has 1 aromatic carbocycles. The fourth-order valence-electron chi connectivity index (χ4n) is 1.14. The number of methoxy groups -OCH3 is 1. The summed E-state index contributed by atoms with van der Waals surface area (Å²) in [7, 11) is 1.47. The van der Waals surface area contributed by atoms with E-state index in [4.69, 9.17) is 4.74 Å². The second kappa shape index (κ2) is 4.46. The molecule has 1 unspecified atom stereocenters. The maximum Gasteiger partial charge on any atom is 0.160 e. The highest BCUT2D eigenvalue weighted by molar-refractivity contribution is 9.10. The van der Waals surface area contributed by atoms with Gasteiger partial charge in [-0.15, -0.1) is 0 Å². The van der Waals surface area contributed by atoms with E-state index in [1.807, 2.05) is 0 Å². The number of ether oxygens (including phenoxy) is 1. The van der Waals surface area contributed by atoms with E-state index in [0.29, 0.717) is 10.2 Å². The quantitative estimate of drug-likeness (QED) is 0.848. The first kappa shape index (κ1) is 11.0. The number of carbonyl (C=O) groups is 1. The fraction of sp³-hybridized carbons (Fsp3) is 0.300. The van der Waals surface area contributed by atoms with E-state index in [1.54, 1.807) is 13.0 Å². The molecule has 1 rings (SSSR count). The largest absolute Gasteiger partial charge is 0.504 e. The molecule has 0 heterocycles. The van der Waals surface area contributed by atoms with Crippen molar-refractivity contribution in [1.29, 1.82) is 0 Å². The van der Waals surface area contributed by atoms with Crippen LogP contribution in [-0.4, -0.2) is 18.5 Å². The van der Waals surface area contributed by atoms with Crippen LogP contribution < -0.4 is 4.74 Å². The lowest BCUT2D eigenvalue weighted by molar-refractivity contribution is -0.108. The van der Waals surface area contributed by atoms with E-state index in [1.165, 1.54) is 13.2 Å². The Bertz CT molecular complexity index is 349. The number of aromatic hydroxyl groups is 1. The van der Waals surface area contributed by atoms with Gasteiger partial charge in [0.2, 0.25) is 0 Å². The maximum absolute atomic E-state index is 10.6. The fourth-order valence-corrected chi connectivity index (χ4v) is 1.84. The molecule has 0 spiro atoms. The van der Waals surface area contributed by atoms with Crippen molar-refractivity contribution >= 4 is 22.2 Å². The minimum Gasteiger partial charge on any atom is -0.504 e. The molecule has 0 aliphatic heterocycles. The Labute approximate surface area is 90.8 Å². The van der Waals surface area contributed by atoms with Gasteiger partial charge in [0.1, 0.15) is 6.29 Å². The van der Waals surface area contributed by atoms with Gasteiger partial charge in [0, 0.05) is 10.4 Å².